The molecule has 2 rings (SSSR count). The molecule has 0 fully saturated rings. The van der Waals surface area contributed by atoms with Crippen molar-refractivity contribution in [3.8, 4) is 17.6 Å². The van der Waals surface area contributed by atoms with Crippen molar-refractivity contribution in [3.05, 3.63) is 53.6 Å². The van der Waals surface area contributed by atoms with Crippen LogP contribution in [0.3, 0.4) is 0 Å². The summed E-state index contributed by atoms with van der Waals surface area (Å²) >= 11 is 0. The van der Waals surface area contributed by atoms with Crippen LogP contribution in [-0.2, 0) is 6.42 Å². The Morgan fingerprint density at radius 2 is 1.85 bits per heavy atom. The zero-order valence-corrected chi connectivity index (χ0v) is 11.1. The Balaban J connectivity index is 2.16. The highest BCUT2D eigenvalue weighted by Crippen LogP contribution is 2.25. The number of hydrogen-bond acceptors (Lipinski definition) is 4. The monoisotopic (exact) mass is 266 g/mol. The van der Waals surface area contributed by atoms with E-state index in [0.717, 1.165) is 5.56 Å². The molecule has 0 aliphatic carbocycles. The average molecular weight is 266 g/mol. The second-order valence-corrected chi connectivity index (χ2v) is 4.39. The maximum absolute atomic E-state index is 11.3. The van der Waals surface area contributed by atoms with E-state index >= 15 is 0 Å². The topological polar surface area (TPSA) is 76.1 Å². The van der Waals surface area contributed by atoms with Gasteiger partial charge in [0.05, 0.1) is 12.5 Å². The number of nitrogens with two attached hydrogens (primary N) is 1. The van der Waals surface area contributed by atoms with Crippen molar-refractivity contribution in [3.63, 3.8) is 0 Å². The van der Waals surface area contributed by atoms with E-state index in [9.17, 15) is 4.79 Å². The van der Waals surface area contributed by atoms with E-state index in [4.69, 9.17) is 15.7 Å². The Kier molecular flexibility index (Phi) is 4.02. The number of rotatable bonds is 4. The molecule has 0 aromatic heterocycles. The minimum absolute atomic E-state index is 0.0742. The smallest absolute Gasteiger partial charge is 0.161 e. The van der Waals surface area contributed by atoms with Gasteiger partial charge >= 0.3 is 0 Å². The highest BCUT2D eigenvalue weighted by Gasteiger charge is 2.06. The molecule has 20 heavy (non-hydrogen) atoms. The second kappa shape index (κ2) is 5.89. The third-order valence-electron chi connectivity index (χ3n) is 2.84. The lowest BCUT2D eigenvalue weighted by Crippen LogP contribution is -1.99. The summed E-state index contributed by atoms with van der Waals surface area (Å²) in [6, 6.07) is 14.3. The molecular weight excluding hydrogens is 252 g/mol. The summed E-state index contributed by atoms with van der Waals surface area (Å²) in [4.78, 5) is 11.3. The Labute approximate surface area is 117 Å². The normalized spacial score (nSPS) is 9.80. The van der Waals surface area contributed by atoms with Crippen LogP contribution in [0.4, 0.5) is 5.69 Å². The maximum atomic E-state index is 11.3. The second-order valence-electron chi connectivity index (χ2n) is 4.39. The van der Waals surface area contributed by atoms with Gasteiger partial charge in [-0.25, -0.2) is 0 Å². The third-order valence-corrected chi connectivity index (χ3v) is 2.84. The standard InChI is InChI=1S/C16H14N2O2/c1-11(19)15-7-6-14(10-16(15)18)20-13-4-2-12(3-5-13)8-9-17/h2-7,10H,8,18H2,1H3. The molecule has 0 unspecified atom stereocenters. The molecule has 0 aliphatic heterocycles. The highest BCUT2D eigenvalue weighted by molar-refractivity contribution is 5.99. The van der Waals surface area contributed by atoms with Gasteiger partial charge in [0.2, 0.25) is 0 Å². The highest BCUT2D eigenvalue weighted by atomic mass is 16.5. The fourth-order valence-electron chi connectivity index (χ4n) is 1.83. The molecule has 0 atom stereocenters. The maximum Gasteiger partial charge on any atom is 0.161 e. The minimum Gasteiger partial charge on any atom is -0.457 e. The molecule has 0 bridgehead atoms. The van der Waals surface area contributed by atoms with Gasteiger partial charge in [-0.05, 0) is 36.8 Å². The first-order valence-corrected chi connectivity index (χ1v) is 6.14. The van der Waals surface area contributed by atoms with Crippen LogP contribution in [0.15, 0.2) is 42.5 Å². The van der Waals surface area contributed by atoms with Crippen molar-refractivity contribution in [2.24, 2.45) is 0 Å². The van der Waals surface area contributed by atoms with Gasteiger partial charge in [0, 0.05) is 17.3 Å². The number of nitrogen functional groups attached to an aromatic ring is 1. The van der Waals surface area contributed by atoms with Gasteiger partial charge < -0.3 is 10.5 Å². The molecule has 2 N–H and O–H groups in total. The third kappa shape index (κ3) is 3.15. The molecular formula is C16H14N2O2. The number of Topliss-reactive ketones (excluding diaryl/α,β-unsaturated/α-hetero) is 1. The molecule has 0 saturated heterocycles. The summed E-state index contributed by atoms with van der Waals surface area (Å²) in [5.74, 6) is 1.15. The lowest BCUT2D eigenvalue weighted by atomic mass is 10.1. The van der Waals surface area contributed by atoms with Gasteiger partial charge in [-0.3, -0.25) is 4.79 Å². The first kappa shape index (κ1) is 13.6. The van der Waals surface area contributed by atoms with Crippen LogP contribution in [0.5, 0.6) is 11.5 Å². The largest absolute Gasteiger partial charge is 0.457 e. The van der Waals surface area contributed by atoms with Crippen LogP contribution in [-0.4, -0.2) is 5.78 Å². The van der Waals surface area contributed by atoms with Crippen molar-refractivity contribution in [2.75, 3.05) is 5.73 Å². The molecule has 0 spiro atoms. The van der Waals surface area contributed by atoms with Crippen molar-refractivity contribution in [1.29, 1.82) is 5.26 Å². The van der Waals surface area contributed by atoms with Gasteiger partial charge in [-0.2, -0.15) is 5.26 Å². The predicted molar refractivity (Wildman–Crippen MR) is 76.7 cm³/mol. The van der Waals surface area contributed by atoms with Crippen LogP contribution in [0.1, 0.15) is 22.8 Å². The van der Waals surface area contributed by atoms with Crippen LogP contribution < -0.4 is 10.5 Å². The van der Waals surface area contributed by atoms with E-state index < -0.39 is 0 Å². The summed E-state index contributed by atoms with van der Waals surface area (Å²) in [5.41, 5.74) is 7.63. The van der Waals surface area contributed by atoms with Crippen LogP contribution in [0.25, 0.3) is 0 Å². The summed E-state index contributed by atoms with van der Waals surface area (Å²) in [5, 5.41) is 8.60. The number of nitriles is 1. The van der Waals surface area contributed by atoms with E-state index in [-0.39, 0.29) is 5.78 Å². The lowest BCUT2D eigenvalue weighted by molar-refractivity contribution is 0.101. The number of ether oxygens (including phenoxy) is 1. The van der Waals surface area contributed by atoms with Gasteiger partial charge in [-0.1, -0.05) is 12.1 Å². The van der Waals surface area contributed by atoms with Gasteiger partial charge in [0.25, 0.3) is 0 Å². The van der Waals surface area contributed by atoms with Crippen molar-refractivity contribution in [1.82, 2.24) is 0 Å². The molecule has 0 heterocycles. The number of nitrogens with zero attached hydrogens (tertiary/aromatic N) is 1. The number of hydrogen-bond donors (Lipinski definition) is 1. The van der Waals surface area contributed by atoms with E-state index in [2.05, 4.69) is 6.07 Å². The Morgan fingerprint density at radius 1 is 1.20 bits per heavy atom. The summed E-state index contributed by atoms with van der Waals surface area (Å²) in [6.45, 7) is 1.47. The van der Waals surface area contributed by atoms with Crippen LogP contribution in [0, 0.1) is 11.3 Å². The number of carbonyl (C=O) groups is 1. The van der Waals surface area contributed by atoms with E-state index in [1.54, 1.807) is 30.3 Å². The zero-order chi connectivity index (χ0) is 14.5. The number of benzene rings is 2. The fraction of sp³-hybridized carbons (Fsp3) is 0.125. The molecule has 0 radical (unpaired) electrons. The molecule has 0 saturated carbocycles. The molecule has 0 amide bonds. The summed E-state index contributed by atoms with van der Waals surface area (Å²) in [6.07, 6.45) is 0.376. The summed E-state index contributed by atoms with van der Waals surface area (Å²) in [7, 11) is 0. The molecule has 2 aromatic rings. The number of carbonyl (C=O) groups excluding carboxylic acids is 1. The first-order chi connectivity index (χ1) is 9.60. The quantitative estimate of drug-likeness (QED) is 0.680. The number of ketones is 1. The molecule has 0 aliphatic rings. The molecule has 100 valence electrons. The molecule has 2 aromatic carbocycles. The van der Waals surface area contributed by atoms with Crippen LogP contribution in [0.2, 0.25) is 0 Å². The SMILES string of the molecule is CC(=O)c1ccc(Oc2ccc(CC#N)cc2)cc1N. The number of anilines is 1. The minimum atomic E-state index is -0.0742. The van der Waals surface area contributed by atoms with Crippen LogP contribution >= 0.6 is 0 Å². The Bertz CT molecular complexity index is 670. The first-order valence-electron chi connectivity index (χ1n) is 6.14. The van der Waals surface area contributed by atoms with E-state index in [0.29, 0.717) is 29.2 Å². The Hall–Kier alpha value is -2.80. The van der Waals surface area contributed by atoms with Gasteiger partial charge in [0.1, 0.15) is 11.5 Å². The van der Waals surface area contributed by atoms with Gasteiger partial charge in [0.15, 0.2) is 5.78 Å². The molecule has 4 heteroatoms. The van der Waals surface area contributed by atoms with Crippen molar-refractivity contribution in [2.45, 2.75) is 13.3 Å². The summed E-state index contributed by atoms with van der Waals surface area (Å²) < 4.78 is 5.65. The van der Waals surface area contributed by atoms with Gasteiger partial charge in [-0.15, -0.1) is 0 Å². The zero-order valence-electron chi connectivity index (χ0n) is 11.1. The van der Waals surface area contributed by atoms with Crippen molar-refractivity contribution < 1.29 is 9.53 Å². The lowest BCUT2D eigenvalue weighted by Gasteiger charge is -2.08. The van der Waals surface area contributed by atoms with E-state index in [1.807, 2.05) is 12.1 Å². The predicted octanol–water partition coefficient (Wildman–Crippen LogP) is 3.33. The Morgan fingerprint density at radius 3 is 2.40 bits per heavy atom. The molecule has 4 nitrogen and oxygen atoms in total. The fourth-order valence-corrected chi connectivity index (χ4v) is 1.83. The van der Waals surface area contributed by atoms with E-state index in [1.165, 1.54) is 6.92 Å². The van der Waals surface area contributed by atoms with Crippen molar-refractivity contribution >= 4 is 11.5 Å². The average Bonchev–Trinajstić information content (AvgIpc) is 2.41.